The van der Waals surface area contributed by atoms with Crippen LogP contribution in [0.5, 0.6) is 0 Å². The second-order valence-corrected chi connectivity index (χ2v) is 5.05. The monoisotopic (exact) mass is 229 g/mol. The molecule has 0 aromatic heterocycles. The lowest BCUT2D eigenvalue weighted by Crippen LogP contribution is -2.32. The highest BCUT2D eigenvalue weighted by atomic mass is 16.5. The Morgan fingerprint density at radius 2 is 1.88 bits per heavy atom. The Morgan fingerprint density at radius 1 is 1.31 bits per heavy atom. The Labute approximate surface area is 99.7 Å². The number of amidine groups is 1. The molecule has 0 saturated heterocycles. The van der Waals surface area contributed by atoms with Crippen LogP contribution in [0.25, 0.3) is 0 Å². The molecule has 0 fully saturated rings. The summed E-state index contributed by atoms with van der Waals surface area (Å²) in [5.74, 6) is 0.287. The van der Waals surface area contributed by atoms with Crippen LogP contribution in [0, 0.1) is 10.8 Å². The zero-order valence-electron chi connectivity index (χ0n) is 11.2. The quantitative estimate of drug-likeness (QED) is 0.359. The number of rotatable bonds is 9. The molecule has 0 aliphatic rings. The molecule has 0 aliphatic carbocycles. The van der Waals surface area contributed by atoms with Gasteiger partial charge in [0, 0.05) is 25.7 Å². The molecule has 0 bridgehead atoms. The van der Waals surface area contributed by atoms with Gasteiger partial charge in [0.05, 0.1) is 5.84 Å². The van der Waals surface area contributed by atoms with Gasteiger partial charge in [-0.05, 0) is 32.9 Å². The molecule has 0 heterocycles. The normalized spacial score (nSPS) is 12.1. The van der Waals surface area contributed by atoms with Gasteiger partial charge in [0.15, 0.2) is 0 Å². The van der Waals surface area contributed by atoms with Crippen molar-refractivity contribution in [3.63, 3.8) is 0 Å². The molecule has 0 unspecified atom stereocenters. The standard InChI is InChI=1S/C12H27N3O/c1-12(2,11(13)14)7-5-8-15(3)9-6-10-16-4/h5-10H2,1-4H3,(H3,13,14). The SMILES string of the molecule is COCCCN(C)CCCC(C)(C)C(=N)N. The lowest BCUT2D eigenvalue weighted by Gasteiger charge is -2.24. The summed E-state index contributed by atoms with van der Waals surface area (Å²) in [5.41, 5.74) is 5.38. The predicted molar refractivity (Wildman–Crippen MR) is 68.9 cm³/mol. The largest absolute Gasteiger partial charge is 0.387 e. The van der Waals surface area contributed by atoms with Crippen LogP contribution in [-0.4, -0.2) is 44.6 Å². The van der Waals surface area contributed by atoms with Crippen molar-refractivity contribution >= 4 is 5.84 Å². The van der Waals surface area contributed by atoms with Gasteiger partial charge in [0.2, 0.25) is 0 Å². The molecule has 16 heavy (non-hydrogen) atoms. The highest BCUT2D eigenvalue weighted by Gasteiger charge is 2.20. The molecule has 96 valence electrons. The van der Waals surface area contributed by atoms with Crippen molar-refractivity contribution in [2.75, 3.05) is 33.9 Å². The Balaban J connectivity index is 3.61. The van der Waals surface area contributed by atoms with Crippen LogP contribution < -0.4 is 5.73 Å². The van der Waals surface area contributed by atoms with E-state index in [1.165, 1.54) is 0 Å². The van der Waals surface area contributed by atoms with E-state index in [1.807, 2.05) is 13.8 Å². The van der Waals surface area contributed by atoms with Gasteiger partial charge in [-0.3, -0.25) is 5.41 Å². The van der Waals surface area contributed by atoms with Crippen molar-refractivity contribution in [3.05, 3.63) is 0 Å². The average Bonchev–Trinajstić information content (AvgIpc) is 2.17. The molecule has 0 amide bonds. The number of nitrogens with two attached hydrogens (primary N) is 1. The Kier molecular flexibility index (Phi) is 7.34. The predicted octanol–water partition coefficient (Wildman–Crippen LogP) is 1.70. The van der Waals surface area contributed by atoms with E-state index >= 15 is 0 Å². The van der Waals surface area contributed by atoms with Crippen LogP contribution in [0.1, 0.15) is 33.1 Å². The summed E-state index contributed by atoms with van der Waals surface area (Å²) in [7, 11) is 3.85. The molecule has 0 rings (SSSR count). The zero-order chi connectivity index (χ0) is 12.6. The van der Waals surface area contributed by atoms with E-state index in [9.17, 15) is 0 Å². The average molecular weight is 229 g/mol. The maximum absolute atomic E-state index is 7.47. The van der Waals surface area contributed by atoms with Crippen LogP contribution >= 0.6 is 0 Å². The fourth-order valence-electron chi connectivity index (χ4n) is 1.52. The minimum absolute atomic E-state index is 0.159. The molecule has 0 radical (unpaired) electrons. The molecule has 0 atom stereocenters. The third-order valence-corrected chi connectivity index (χ3v) is 2.96. The van der Waals surface area contributed by atoms with E-state index in [2.05, 4.69) is 11.9 Å². The first-order chi connectivity index (χ1) is 7.40. The van der Waals surface area contributed by atoms with Gasteiger partial charge in [-0.25, -0.2) is 0 Å². The van der Waals surface area contributed by atoms with Crippen molar-refractivity contribution in [3.8, 4) is 0 Å². The first-order valence-electron chi connectivity index (χ1n) is 5.92. The number of ether oxygens (including phenoxy) is 1. The molecular weight excluding hydrogens is 202 g/mol. The molecule has 0 saturated carbocycles. The number of nitrogens with zero attached hydrogens (tertiary/aromatic N) is 1. The molecule has 4 heteroatoms. The molecule has 0 aromatic rings. The van der Waals surface area contributed by atoms with Crippen molar-refractivity contribution < 1.29 is 4.74 Å². The minimum Gasteiger partial charge on any atom is -0.387 e. The van der Waals surface area contributed by atoms with Crippen LogP contribution in [0.4, 0.5) is 0 Å². The number of hydrogen-bond donors (Lipinski definition) is 2. The maximum atomic E-state index is 7.47. The Hall–Kier alpha value is -0.610. The number of hydrogen-bond acceptors (Lipinski definition) is 3. The highest BCUT2D eigenvalue weighted by molar-refractivity contribution is 5.82. The topological polar surface area (TPSA) is 62.3 Å². The van der Waals surface area contributed by atoms with Gasteiger partial charge in [0.25, 0.3) is 0 Å². The molecule has 3 N–H and O–H groups in total. The fourth-order valence-corrected chi connectivity index (χ4v) is 1.52. The molecule has 0 spiro atoms. The first kappa shape index (κ1) is 15.4. The number of nitrogens with one attached hydrogen (secondary N) is 1. The smallest absolute Gasteiger partial charge is 0.0963 e. The van der Waals surface area contributed by atoms with Crippen molar-refractivity contribution in [2.24, 2.45) is 11.1 Å². The van der Waals surface area contributed by atoms with Crippen LogP contribution in [-0.2, 0) is 4.74 Å². The van der Waals surface area contributed by atoms with Gasteiger partial charge < -0.3 is 15.4 Å². The molecule has 0 aromatic carbocycles. The summed E-state index contributed by atoms with van der Waals surface area (Å²) in [6, 6.07) is 0. The zero-order valence-corrected chi connectivity index (χ0v) is 11.2. The molecule has 0 aliphatic heterocycles. The fraction of sp³-hybridized carbons (Fsp3) is 0.917. The lowest BCUT2D eigenvalue weighted by molar-refractivity contribution is 0.178. The summed E-state index contributed by atoms with van der Waals surface area (Å²) in [5, 5.41) is 7.47. The van der Waals surface area contributed by atoms with E-state index in [0.29, 0.717) is 0 Å². The van der Waals surface area contributed by atoms with Crippen LogP contribution in [0.15, 0.2) is 0 Å². The van der Waals surface area contributed by atoms with Gasteiger partial charge in [-0.1, -0.05) is 13.8 Å². The van der Waals surface area contributed by atoms with Gasteiger partial charge in [-0.15, -0.1) is 0 Å². The number of methoxy groups -OCH3 is 1. The highest BCUT2D eigenvalue weighted by Crippen LogP contribution is 2.21. The summed E-state index contributed by atoms with van der Waals surface area (Å²) in [6.45, 7) is 7.00. The minimum atomic E-state index is -0.159. The second-order valence-electron chi connectivity index (χ2n) is 5.05. The summed E-state index contributed by atoms with van der Waals surface area (Å²) in [4.78, 5) is 2.30. The summed E-state index contributed by atoms with van der Waals surface area (Å²) >= 11 is 0. The maximum Gasteiger partial charge on any atom is 0.0963 e. The third-order valence-electron chi connectivity index (χ3n) is 2.96. The van der Waals surface area contributed by atoms with Crippen LogP contribution in [0.3, 0.4) is 0 Å². The lowest BCUT2D eigenvalue weighted by atomic mass is 9.86. The van der Waals surface area contributed by atoms with Gasteiger partial charge in [0.1, 0.15) is 0 Å². The second kappa shape index (κ2) is 7.63. The molecule has 4 nitrogen and oxygen atoms in total. The van der Waals surface area contributed by atoms with E-state index < -0.39 is 0 Å². The summed E-state index contributed by atoms with van der Waals surface area (Å²) < 4.78 is 5.01. The van der Waals surface area contributed by atoms with E-state index in [-0.39, 0.29) is 11.3 Å². The summed E-state index contributed by atoms with van der Waals surface area (Å²) in [6.07, 6.45) is 3.12. The van der Waals surface area contributed by atoms with Crippen molar-refractivity contribution in [2.45, 2.75) is 33.1 Å². The van der Waals surface area contributed by atoms with E-state index in [1.54, 1.807) is 7.11 Å². The first-order valence-corrected chi connectivity index (χ1v) is 5.92. The van der Waals surface area contributed by atoms with Gasteiger partial charge in [-0.2, -0.15) is 0 Å². The van der Waals surface area contributed by atoms with Crippen LogP contribution in [0.2, 0.25) is 0 Å². The molecular formula is C12H27N3O. The van der Waals surface area contributed by atoms with Crippen molar-refractivity contribution in [1.82, 2.24) is 4.90 Å². The van der Waals surface area contributed by atoms with Crippen molar-refractivity contribution in [1.29, 1.82) is 5.41 Å². The van der Waals surface area contributed by atoms with E-state index in [4.69, 9.17) is 15.9 Å². The van der Waals surface area contributed by atoms with E-state index in [0.717, 1.165) is 39.0 Å². The third kappa shape index (κ3) is 6.80. The Bertz CT molecular complexity index is 204. The van der Waals surface area contributed by atoms with Gasteiger partial charge >= 0.3 is 0 Å². The Morgan fingerprint density at radius 3 is 2.38 bits per heavy atom.